The second-order valence-corrected chi connectivity index (χ2v) is 10.1. The Hall–Kier alpha value is -2.27. The van der Waals surface area contributed by atoms with Crippen LogP contribution in [0.5, 0.6) is 0 Å². The summed E-state index contributed by atoms with van der Waals surface area (Å²) in [6, 6.07) is 16.3. The second kappa shape index (κ2) is 12.1. The van der Waals surface area contributed by atoms with Crippen LogP contribution in [0.25, 0.3) is 0 Å². The van der Waals surface area contributed by atoms with Gasteiger partial charge in [0.05, 0.1) is 0 Å². The van der Waals surface area contributed by atoms with Crippen molar-refractivity contribution in [1.82, 2.24) is 10.2 Å². The average molecular weight is 453 g/mol. The minimum Gasteiger partial charge on any atom is -0.352 e. The quantitative estimate of drug-likeness (QED) is 0.500. The fraction of sp³-hybridized carbons (Fsp3) is 0.481. The Kier molecular flexibility index (Phi) is 9.22. The predicted molar refractivity (Wildman–Crippen MR) is 133 cm³/mol. The van der Waals surface area contributed by atoms with Gasteiger partial charge in [0.15, 0.2) is 0 Å². The first-order chi connectivity index (χ1) is 15.4. The van der Waals surface area contributed by atoms with E-state index in [1.165, 1.54) is 24.8 Å². The molecule has 172 valence electrons. The van der Waals surface area contributed by atoms with Crippen molar-refractivity contribution in [2.75, 3.05) is 5.75 Å². The van der Waals surface area contributed by atoms with E-state index in [1.807, 2.05) is 32.0 Å². The van der Waals surface area contributed by atoms with Gasteiger partial charge in [0.25, 0.3) is 0 Å². The van der Waals surface area contributed by atoms with Gasteiger partial charge in [-0.05, 0) is 51.3 Å². The number of rotatable bonds is 9. The maximum absolute atomic E-state index is 13.2. The van der Waals surface area contributed by atoms with E-state index in [0.29, 0.717) is 18.7 Å². The van der Waals surface area contributed by atoms with Gasteiger partial charge in [-0.1, -0.05) is 66.8 Å². The van der Waals surface area contributed by atoms with Crippen molar-refractivity contribution in [2.24, 2.45) is 0 Å². The Bertz CT molecular complexity index is 891. The summed E-state index contributed by atoms with van der Waals surface area (Å²) in [5, 5.41) is 3.20. The molecule has 2 aromatic carbocycles. The van der Waals surface area contributed by atoms with Gasteiger partial charge in [0.1, 0.15) is 6.04 Å². The molecule has 1 aliphatic carbocycles. The Balaban J connectivity index is 1.64. The summed E-state index contributed by atoms with van der Waals surface area (Å²) in [6.45, 7) is 6.43. The molecule has 0 bridgehead atoms. The number of benzene rings is 2. The van der Waals surface area contributed by atoms with Crippen LogP contribution in [0.1, 0.15) is 62.1 Å². The Labute approximate surface area is 197 Å². The largest absolute Gasteiger partial charge is 0.352 e. The van der Waals surface area contributed by atoms with Crippen LogP contribution < -0.4 is 5.32 Å². The molecule has 2 aromatic rings. The second-order valence-electron chi connectivity index (χ2n) is 8.94. The van der Waals surface area contributed by atoms with Crippen molar-refractivity contribution >= 4 is 23.6 Å². The first kappa shape index (κ1) is 24.4. The minimum atomic E-state index is -0.491. The Morgan fingerprint density at radius 3 is 2.44 bits per heavy atom. The highest BCUT2D eigenvalue weighted by Gasteiger charge is 2.27. The average Bonchev–Trinajstić information content (AvgIpc) is 2.79. The third-order valence-corrected chi connectivity index (χ3v) is 7.17. The van der Waals surface area contributed by atoms with Gasteiger partial charge in [-0.25, -0.2) is 0 Å². The van der Waals surface area contributed by atoms with E-state index in [-0.39, 0.29) is 17.9 Å². The molecular formula is C27H36N2O2S. The predicted octanol–water partition coefficient (Wildman–Crippen LogP) is 5.65. The lowest BCUT2D eigenvalue weighted by Gasteiger charge is -2.31. The topological polar surface area (TPSA) is 49.4 Å². The normalized spacial score (nSPS) is 15.2. The van der Waals surface area contributed by atoms with Crippen molar-refractivity contribution in [3.63, 3.8) is 0 Å². The molecule has 1 atom stereocenters. The summed E-state index contributed by atoms with van der Waals surface area (Å²) in [5.41, 5.74) is 3.44. The number of aryl methyl sites for hydroxylation is 2. The third-order valence-electron chi connectivity index (χ3n) is 6.16. The molecule has 0 heterocycles. The van der Waals surface area contributed by atoms with Gasteiger partial charge < -0.3 is 10.2 Å². The number of thioether (sulfide) groups is 1. The maximum atomic E-state index is 13.2. The molecule has 4 nitrogen and oxygen atoms in total. The highest BCUT2D eigenvalue weighted by Crippen LogP contribution is 2.21. The van der Waals surface area contributed by atoms with Crippen LogP contribution in [0.3, 0.4) is 0 Å². The zero-order valence-corrected chi connectivity index (χ0v) is 20.4. The van der Waals surface area contributed by atoms with Crippen LogP contribution in [-0.2, 0) is 16.1 Å². The van der Waals surface area contributed by atoms with Crippen LogP contribution in [0.4, 0.5) is 0 Å². The van der Waals surface area contributed by atoms with Crippen molar-refractivity contribution in [2.45, 2.75) is 82.8 Å². The van der Waals surface area contributed by atoms with Gasteiger partial charge in [-0.15, -0.1) is 11.8 Å². The van der Waals surface area contributed by atoms with Crippen molar-refractivity contribution < 1.29 is 9.59 Å². The lowest BCUT2D eigenvalue weighted by Crippen LogP contribution is -2.50. The fourth-order valence-corrected chi connectivity index (χ4v) is 5.03. The molecule has 0 aliphatic heterocycles. The highest BCUT2D eigenvalue weighted by molar-refractivity contribution is 7.99. The molecule has 0 spiro atoms. The van der Waals surface area contributed by atoms with E-state index in [0.717, 1.165) is 28.9 Å². The standard InChI is InChI=1S/C27H36N2O2S/c1-20-12-14-25(15-13-20)32-17-16-26(30)29(19-23-9-7-8-21(2)18-23)22(3)27(31)28-24-10-5-4-6-11-24/h7-9,12-15,18,22,24H,4-6,10-11,16-17,19H2,1-3H3,(H,28,31)/t22-/m0/s1. The number of nitrogens with one attached hydrogen (secondary N) is 1. The van der Waals surface area contributed by atoms with Crippen molar-refractivity contribution in [1.29, 1.82) is 0 Å². The van der Waals surface area contributed by atoms with E-state index in [4.69, 9.17) is 0 Å². The van der Waals surface area contributed by atoms with Crippen molar-refractivity contribution in [3.8, 4) is 0 Å². The summed E-state index contributed by atoms with van der Waals surface area (Å²) in [7, 11) is 0. The zero-order valence-electron chi connectivity index (χ0n) is 19.6. The number of carbonyl (C=O) groups excluding carboxylic acids is 2. The molecule has 0 radical (unpaired) electrons. The molecule has 1 aliphatic rings. The monoisotopic (exact) mass is 452 g/mol. The van der Waals surface area contributed by atoms with E-state index >= 15 is 0 Å². The smallest absolute Gasteiger partial charge is 0.242 e. The Morgan fingerprint density at radius 2 is 1.75 bits per heavy atom. The first-order valence-electron chi connectivity index (χ1n) is 11.8. The molecule has 1 N–H and O–H groups in total. The van der Waals surface area contributed by atoms with E-state index in [9.17, 15) is 9.59 Å². The van der Waals surface area contributed by atoms with E-state index < -0.39 is 6.04 Å². The molecule has 3 rings (SSSR count). The highest BCUT2D eigenvalue weighted by atomic mass is 32.2. The maximum Gasteiger partial charge on any atom is 0.242 e. The van der Waals surface area contributed by atoms with E-state index in [1.54, 1.807) is 16.7 Å². The molecule has 0 saturated heterocycles. The number of hydrogen-bond acceptors (Lipinski definition) is 3. The van der Waals surface area contributed by atoms with Gasteiger partial charge >= 0.3 is 0 Å². The molecule has 2 amide bonds. The minimum absolute atomic E-state index is 0.0254. The summed E-state index contributed by atoms with van der Waals surface area (Å²) in [4.78, 5) is 29.2. The number of amides is 2. The van der Waals surface area contributed by atoms with Crippen LogP contribution in [0.2, 0.25) is 0 Å². The molecule has 0 aromatic heterocycles. The Morgan fingerprint density at radius 1 is 1.03 bits per heavy atom. The van der Waals surface area contributed by atoms with Crippen LogP contribution >= 0.6 is 11.8 Å². The lowest BCUT2D eigenvalue weighted by atomic mass is 9.95. The van der Waals surface area contributed by atoms with Crippen LogP contribution in [0.15, 0.2) is 53.4 Å². The van der Waals surface area contributed by atoms with Crippen LogP contribution in [-0.4, -0.2) is 34.6 Å². The molecule has 0 unspecified atom stereocenters. The van der Waals surface area contributed by atoms with Gasteiger partial charge in [0, 0.05) is 29.7 Å². The molecular weight excluding hydrogens is 416 g/mol. The fourth-order valence-electron chi connectivity index (χ4n) is 4.19. The molecule has 1 saturated carbocycles. The summed E-state index contributed by atoms with van der Waals surface area (Å²) in [5.74, 6) is 0.685. The molecule has 32 heavy (non-hydrogen) atoms. The number of hydrogen-bond donors (Lipinski definition) is 1. The van der Waals surface area contributed by atoms with E-state index in [2.05, 4.69) is 42.6 Å². The number of carbonyl (C=O) groups is 2. The zero-order chi connectivity index (χ0) is 22.9. The van der Waals surface area contributed by atoms with Crippen LogP contribution in [0, 0.1) is 13.8 Å². The summed E-state index contributed by atoms with van der Waals surface area (Å²) < 4.78 is 0. The SMILES string of the molecule is Cc1ccc(SCCC(=O)N(Cc2cccc(C)c2)[C@@H](C)C(=O)NC2CCCCC2)cc1. The summed E-state index contributed by atoms with van der Waals surface area (Å²) >= 11 is 1.68. The summed E-state index contributed by atoms with van der Waals surface area (Å²) in [6.07, 6.45) is 6.07. The lowest BCUT2D eigenvalue weighted by molar-refractivity contribution is -0.140. The number of nitrogens with zero attached hydrogens (tertiary/aromatic N) is 1. The molecule has 1 fully saturated rings. The van der Waals surface area contributed by atoms with Gasteiger partial charge in [0.2, 0.25) is 11.8 Å². The van der Waals surface area contributed by atoms with Gasteiger partial charge in [-0.3, -0.25) is 9.59 Å². The first-order valence-corrected chi connectivity index (χ1v) is 12.8. The van der Waals surface area contributed by atoms with Gasteiger partial charge in [-0.2, -0.15) is 0 Å². The van der Waals surface area contributed by atoms with Crippen molar-refractivity contribution in [3.05, 3.63) is 65.2 Å². The third kappa shape index (κ3) is 7.40. The molecule has 5 heteroatoms.